The molecule has 2 aliphatic carbocycles. The molecule has 2 aromatic heterocycles. The number of anilines is 2. The number of rotatable bonds is 6. The van der Waals surface area contributed by atoms with Crippen molar-refractivity contribution in [3.8, 4) is 0 Å². The first-order valence-corrected chi connectivity index (χ1v) is 21.4. The lowest BCUT2D eigenvalue weighted by atomic mass is 9.93. The van der Waals surface area contributed by atoms with Crippen molar-refractivity contribution >= 4 is 101 Å². The molecule has 6 aromatic rings. The van der Waals surface area contributed by atoms with Crippen LogP contribution in [0.1, 0.15) is 26.4 Å². The number of aryl methyl sites for hydroxylation is 1. The first-order valence-electron chi connectivity index (χ1n) is 19.4. The van der Waals surface area contributed by atoms with E-state index < -0.39 is 0 Å². The van der Waals surface area contributed by atoms with Crippen LogP contribution in [0.3, 0.4) is 0 Å². The van der Waals surface area contributed by atoms with Crippen LogP contribution >= 0.6 is 46.7 Å². The number of allylic oxidation sites excluding steroid dienone is 10. The van der Waals surface area contributed by atoms with Crippen LogP contribution in [-0.2, 0) is 0 Å². The van der Waals surface area contributed by atoms with Gasteiger partial charge in [0.15, 0.2) is 11.4 Å². The summed E-state index contributed by atoms with van der Waals surface area (Å²) in [5, 5.41) is 3.29. The second-order valence-electron chi connectivity index (χ2n) is 15.3. The molecular weight excluding hydrogens is 804 g/mol. The molecule has 300 valence electrons. The molecule has 0 bridgehead atoms. The maximum absolute atomic E-state index is 6.89. The molecule has 0 fully saturated rings. The minimum Gasteiger partial charge on any atom is -0.378 e. The van der Waals surface area contributed by atoms with Gasteiger partial charge < -0.3 is 9.80 Å². The number of benzene rings is 4. The average Bonchev–Trinajstić information content (AvgIpc) is 3.74. The van der Waals surface area contributed by atoms with E-state index in [0.717, 1.165) is 15.3 Å². The zero-order valence-corrected chi connectivity index (χ0v) is 38.5. The number of fused-ring (bicyclic) bond motifs is 2. The quantitative estimate of drug-likeness (QED) is 0.155. The van der Waals surface area contributed by atoms with Gasteiger partial charge in [0.1, 0.15) is 28.2 Å². The summed E-state index contributed by atoms with van der Waals surface area (Å²) >= 11 is 10.5. The van der Waals surface area contributed by atoms with Crippen molar-refractivity contribution in [2.75, 3.05) is 66.2 Å². The lowest BCUT2D eigenvalue weighted by Crippen LogP contribution is -2.10. The van der Waals surface area contributed by atoms with Gasteiger partial charge in [-0.2, -0.15) is 0 Å². The highest BCUT2D eigenvalue weighted by atomic mass is 35.5. The van der Waals surface area contributed by atoms with Gasteiger partial charge in [0, 0.05) is 94.7 Å². The first kappa shape index (κ1) is 43.3. The number of hydrogen-bond donors (Lipinski definition) is 0. The molecule has 8 rings (SSSR count). The minimum absolute atomic E-state index is 0. The van der Waals surface area contributed by atoms with E-state index in [4.69, 9.17) is 11.6 Å². The number of hydrogen-bond acceptors (Lipinski definition) is 4. The first-order chi connectivity index (χ1) is 27.9. The fourth-order valence-corrected chi connectivity index (χ4v) is 10.1. The summed E-state index contributed by atoms with van der Waals surface area (Å²) in [6, 6.07) is 34.6. The molecule has 0 saturated heterocycles. The van der Waals surface area contributed by atoms with E-state index in [1.807, 2.05) is 17.4 Å². The van der Waals surface area contributed by atoms with Gasteiger partial charge in [0.25, 0.3) is 0 Å². The van der Waals surface area contributed by atoms with Gasteiger partial charge >= 0.3 is 0 Å². The van der Waals surface area contributed by atoms with Crippen molar-refractivity contribution in [3.63, 3.8) is 0 Å². The second kappa shape index (κ2) is 18.8. The van der Waals surface area contributed by atoms with Crippen LogP contribution in [0.2, 0.25) is 5.02 Å². The summed E-state index contributed by atoms with van der Waals surface area (Å²) in [6.45, 7) is 2.25. The van der Waals surface area contributed by atoms with Gasteiger partial charge in [-0.15, -0.1) is 35.1 Å². The van der Waals surface area contributed by atoms with Crippen LogP contribution in [0.15, 0.2) is 157 Å². The van der Waals surface area contributed by atoms with Gasteiger partial charge in [0.05, 0.1) is 9.90 Å². The number of halogens is 2. The topological polar surface area (TPSA) is 12.5 Å². The zero-order chi connectivity index (χ0) is 41.1. The summed E-state index contributed by atoms with van der Waals surface area (Å²) in [4.78, 5) is 6.71. The van der Waals surface area contributed by atoms with Gasteiger partial charge in [-0.05, 0) is 101 Å². The maximum Gasteiger partial charge on any atom is 0.199 e. The Balaban J connectivity index is 0.000000195. The molecule has 4 nitrogen and oxygen atoms in total. The molecule has 2 aliphatic rings. The molecule has 0 N–H and O–H groups in total. The van der Waals surface area contributed by atoms with Crippen molar-refractivity contribution in [1.29, 1.82) is 0 Å². The van der Waals surface area contributed by atoms with Crippen LogP contribution in [-0.4, -0.2) is 77.0 Å². The summed E-state index contributed by atoms with van der Waals surface area (Å²) < 4.78 is 6.80. The van der Waals surface area contributed by atoms with Crippen molar-refractivity contribution in [3.05, 3.63) is 188 Å². The standard InChI is InChI=1S/C26H27N2S.C25H24ClN2S.ClH/c1-18-23-8-6-7-9-24(23)29-26(18)25(19-10-14-21(15-11-19)27(2)3)20-12-16-22(17-13-20)28(4)5;1-27(2)19-13-9-17(10-14-19)23(18-11-15-20(16-12-18)28(3)4)25-24(26)21-7-5-6-8-22(21)29-25;/h6-17H,1-5H3;5-16H,1-4H3;1H/q2*+1;. The van der Waals surface area contributed by atoms with Gasteiger partial charge in [0.2, 0.25) is 0 Å². The number of nitrogens with zero attached hydrogens (tertiary/aromatic N) is 4. The van der Waals surface area contributed by atoms with Crippen LogP contribution in [0.4, 0.5) is 11.4 Å². The summed E-state index contributed by atoms with van der Waals surface area (Å²) in [7, 11) is 16.5. The Hall–Kier alpha value is -5.24. The monoisotopic (exact) mass is 854 g/mol. The molecule has 0 atom stereocenters. The fraction of sp³-hybridized carbons (Fsp3) is 0.176. The third kappa shape index (κ3) is 9.32. The third-order valence-electron chi connectivity index (χ3n) is 10.5. The van der Waals surface area contributed by atoms with E-state index in [9.17, 15) is 0 Å². The van der Waals surface area contributed by atoms with Crippen LogP contribution in [0, 0.1) is 6.92 Å². The van der Waals surface area contributed by atoms with E-state index in [1.165, 1.54) is 81.4 Å². The molecule has 0 aliphatic heterocycles. The van der Waals surface area contributed by atoms with Gasteiger partial charge in [-0.3, -0.25) is 0 Å². The fourth-order valence-electron chi connectivity index (χ4n) is 7.15. The molecule has 4 aromatic carbocycles. The largest absolute Gasteiger partial charge is 0.378 e. The van der Waals surface area contributed by atoms with Crippen molar-refractivity contribution in [2.24, 2.45) is 0 Å². The Morgan fingerprint density at radius 3 is 1.25 bits per heavy atom. The van der Waals surface area contributed by atoms with Gasteiger partial charge in [-0.1, -0.05) is 72.3 Å². The third-order valence-corrected chi connectivity index (χ3v) is 13.5. The van der Waals surface area contributed by atoms with Crippen LogP contribution in [0.5, 0.6) is 0 Å². The molecule has 0 unspecified atom stereocenters. The Bertz CT molecular complexity index is 2530. The van der Waals surface area contributed by atoms with E-state index in [0.29, 0.717) is 0 Å². The highest BCUT2D eigenvalue weighted by Crippen LogP contribution is 2.44. The summed E-state index contributed by atoms with van der Waals surface area (Å²) in [5.41, 5.74) is 13.5. The van der Waals surface area contributed by atoms with E-state index >= 15 is 0 Å². The van der Waals surface area contributed by atoms with E-state index in [2.05, 4.69) is 222 Å². The van der Waals surface area contributed by atoms with Crippen LogP contribution in [0.25, 0.3) is 31.3 Å². The number of thiophene rings is 2. The normalized spacial score (nSPS) is 13.1. The Morgan fingerprint density at radius 1 is 0.492 bits per heavy atom. The van der Waals surface area contributed by atoms with Gasteiger partial charge in [-0.25, -0.2) is 9.15 Å². The molecule has 59 heavy (non-hydrogen) atoms. The molecule has 0 amide bonds. The molecule has 0 spiro atoms. The highest BCUT2D eigenvalue weighted by molar-refractivity contribution is 7.21. The summed E-state index contributed by atoms with van der Waals surface area (Å²) in [6.07, 6.45) is 17.6. The molecule has 0 saturated carbocycles. The Labute approximate surface area is 369 Å². The predicted molar refractivity (Wildman–Crippen MR) is 265 cm³/mol. The predicted octanol–water partition coefficient (Wildman–Crippen LogP) is 12.6. The average molecular weight is 856 g/mol. The molecule has 0 radical (unpaired) electrons. The lowest BCUT2D eigenvalue weighted by molar-refractivity contribution is -0.462. The van der Waals surface area contributed by atoms with Crippen molar-refractivity contribution in [1.82, 2.24) is 0 Å². The Kier molecular flexibility index (Phi) is 13.8. The Morgan fingerprint density at radius 2 is 0.864 bits per heavy atom. The van der Waals surface area contributed by atoms with Crippen molar-refractivity contribution < 1.29 is 9.15 Å². The van der Waals surface area contributed by atoms with Crippen molar-refractivity contribution in [2.45, 2.75) is 6.92 Å². The van der Waals surface area contributed by atoms with E-state index in [1.54, 1.807) is 11.3 Å². The maximum atomic E-state index is 6.89. The SMILES string of the molecule is CN(C)c1ccc(C(=C2C=CC(=[N+](C)C)C=C2)c2sc3ccccc3c2Cl)cc1.Cc1c(C(=C2C=CC(=[N+](C)C)C=C2)c2ccc(N(C)C)cc2)sc2ccccc12.Cl. The lowest BCUT2D eigenvalue weighted by Gasteiger charge is -2.16. The smallest absolute Gasteiger partial charge is 0.199 e. The zero-order valence-electron chi connectivity index (χ0n) is 35.2. The summed E-state index contributed by atoms with van der Waals surface area (Å²) in [5.74, 6) is 0. The molecular formula is C51H52Cl2N4S2+2. The highest BCUT2D eigenvalue weighted by Gasteiger charge is 2.21. The molecule has 8 heteroatoms. The minimum atomic E-state index is 0. The van der Waals surface area contributed by atoms with E-state index in [-0.39, 0.29) is 12.4 Å². The molecule has 2 heterocycles. The second-order valence-corrected chi connectivity index (χ2v) is 17.8. The van der Waals surface area contributed by atoms with Crippen LogP contribution < -0.4 is 9.80 Å².